The molecule has 0 radical (unpaired) electrons. The van der Waals surface area contributed by atoms with Crippen molar-refractivity contribution >= 4 is 12.1 Å². The highest BCUT2D eigenvalue weighted by Crippen LogP contribution is 2.18. The van der Waals surface area contributed by atoms with Gasteiger partial charge in [-0.25, -0.2) is 4.79 Å². The number of esters is 1. The van der Waals surface area contributed by atoms with Gasteiger partial charge in [0.1, 0.15) is 0 Å². The molecule has 1 amide bonds. The van der Waals surface area contributed by atoms with Crippen molar-refractivity contribution in [2.45, 2.75) is 39.7 Å². The van der Waals surface area contributed by atoms with Gasteiger partial charge in [0, 0.05) is 13.1 Å². The Hall–Kier alpha value is -1.26. The number of likely N-dealkylation sites (tertiary alicyclic amines) is 1. The van der Waals surface area contributed by atoms with Crippen molar-refractivity contribution in [3.8, 4) is 0 Å². The van der Waals surface area contributed by atoms with E-state index in [1.807, 2.05) is 13.8 Å². The third-order valence-corrected chi connectivity index (χ3v) is 2.64. The minimum atomic E-state index is -0.339. The lowest BCUT2D eigenvalue weighted by Crippen LogP contribution is -2.43. The highest BCUT2D eigenvalue weighted by molar-refractivity contribution is 5.74. The number of carbonyl (C=O) groups excluding carboxylic acids is 2. The molecule has 1 rings (SSSR count). The van der Waals surface area contributed by atoms with Gasteiger partial charge in [0.2, 0.25) is 0 Å². The smallest absolute Gasteiger partial charge is 0.410 e. The average molecular weight is 243 g/mol. The van der Waals surface area contributed by atoms with Gasteiger partial charge in [-0.3, -0.25) is 4.79 Å². The molecule has 0 aromatic rings. The Morgan fingerprint density at radius 2 is 2.12 bits per heavy atom. The van der Waals surface area contributed by atoms with E-state index in [9.17, 15) is 9.59 Å². The molecular formula is C12H21NO4. The number of hydrogen-bond donors (Lipinski definition) is 0. The molecule has 0 bridgehead atoms. The fourth-order valence-electron chi connectivity index (χ4n) is 1.87. The first kappa shape index (κ1) is 13.8. The lowest BCUT2D eigenvalue weighted by molar-refractivity contribution is -0.149. The maximum atomic E-state index is 11.7. The Bertz CT molecular complexity index is 278. The molecule has 98 valence electrons. The molecule has 0 spiro atoms. The first-order chi connectivity index (χ1) is 8.04. The minimum absolute atomic E-state index is 0.134. The van der Waals surface area contributed by atoms with Crippen LogP contribution in [-0.2, 0) is 14.3 Å². The fraction of sp³-hybridized carbons (Fsp3) is 0.833. The number of amides is 1. The predicted octanol–water partition coefficient (Wildman–Crippen LogP) is 1.81. The zero-order chi connectivity index (χ0) is 12.8. The Balaban J connectivity index is 2.48. The first-order valence-corrected chi connectivity index (χ1v) is 6.16. The Morgan fingerprint density at radius 3 is 2.71 bits per heavy atom. The van der Waals surface area contributed by atoms with E-state index in [0.29, 0.717) is 19.7 Å². The summed E-state index contributed by atoms with van der Waals surface area (Å²) in [5.41, 5.74) is 0. The topological polar surface area (TPSA) is 55.8 Å². The average Bonchev–Trinajstić information content (AvgIpc) is 2.28. The van der Waals surface area contributed by atoms with Crippen LogP contribution in [-0.4, -0.2) is 42.8 Å². The van der Waals surface area contributed by atoms with Crippen LogP contribution in [0.3, 0.4) is 0 Å². The van der Waals surface area contributed by atoms with E-state index in [1.165, 1.54) is 0 Å². The maximum absolute atomic E-state index is 11.7. The van der Waals surface area contributed by atoms with E-state index in [1.54, 1.807) is 11.8 Å². The number of carbonyl (C=O) groups is 2. The largest absolute Gasteiger partial charge is 0.466 e. The normalized spacial score (nSPS) is 20.2. The molecule has 1 atom stereocenters. The standard InChI is InChI=1S/C12H21NO4/c1-4-16-11(14)10-6-5-7-13(8-10)12(15)17-9(2)3/h9-10H,4-8H2,1-3H3/t10-/m0/s1. The molecule has 1 saturated heterocycles. The summed E-state index contributed by atoms with van der Waals surface area (Å²) in [7, 11) is 0. The number of rotatable bonds is 3. The van der Waals surface area contributed by atoms with Gasteiger partial charge >= 0.3 is 12.1 Å². The minimum Gasteiger partial charge on any atom is -0.466 e. The van der Waals surface area contributed by atoms with Crippen LogP contribution in [0, 0.1) is 5.92 Å². The molecule has 5 heteroatoms. The van der Waals surface area contributed by atoms with Crippen LogP contribution in [0.4, 0.5) is 4.79 Å². The molecule has 1 aliphatic heterocycles. The molecule has 5 nitrogen and oxygen atoms in total. The van der Waals surface area contributed by atoms with Gasteiger partial charge in [-0.15, -0.1) is 0 Å². The Morgan fingerprint density at radius 1 is 1.41 bits per heavy atom. The van der Waals surface area contributed by atoms with Crippen LogP contribution in [0.2, 0.25) is 0 Å². The summed E-state index contributed by atoms with van der Waals surface area (Å²) >= 11 is 0. The van der Waals surface area contributed by atoms with E-state index >= 15 is 0 Å². The number of hydrogen-bond acceptors (Lipinski definition) is 4. The van der Waals surface area contributed by atoms with Gasteiger partial charge < -0.3 is 14.4 Å². The molecule has 17 heavy (non-hydrogen) atoms. The number of nitrogens with zero attached hydrogens (tertiary/aromatic N) is 1. The highest BCUT2D eigenvalue weighted by atomic mass is 16.6. The molecule has 0 aromatic heterocycles. The van der Waals surface area contributed by atoms with Gasteiger partial charge in [0.15, 0.2) is 0 Å². The summed E-state index contributed by atoms with van der Waals surface area (Å²) in [5, 5.41) is 0. The molecular weight excluding hydrogens is 222 g/mol. The van der Waals surface area contributed by atoms with E-state index < -0.39 is 0 Å². The Kier molecular flexibility index (Phi) is 5.25. The van der Waals surface area contributed by atoms with Crippen molar-refractivity contribution in [3.05, 3.63) is 0 Å². The maximum Gasteiger partial charge on any atom is 0.410 e. The molecule has 1 fully saturated rings. The van der Waals surface area contributed by atoms with Crippen LogP contribution in [0.25, 0.3) is 0 Å². The third-order valence-electron chi connectivity index (χ3n) is 2.64. The van der Waals surface area contributed by atoms with Crippen molar-refractivity contribution in [1.29, 1.82) is 0 Å². The molecule has 1 aliphatic rings. The molecule has 1 heterocycles. The van der Waals surface area contributed by atoms with Crippen LogP contribution in [0.1, 0.15) is 33.6 Å². The second kappa shape index (κ2) is 6.47. The lowest BCUT2D eigenvalue weighted by Gasteiger charge is -2.31. The number of ether oxygens (including phenoxy) is 2. The van der Waals surface area contributed by atoms with Crippen LogP contribution in [0.15, 0.2) is 0 Å². The molecule has 0 N–H and O–H groups in total. The van der Waals surface area contributed by atoms with Crippen LogP contribution >= 0.6 is 0 Å². The van der Waals surface area contributed by atoms with Crippen molar-refractivity contribution in [1.82, 2.24) is 4.90 Å². The third kappa shape index (κ3) is 4.24. The molecule has 0 aliphatic carbocycles. The zero-order valence-electron chi connectivity index (χ0n) is 10.8. The summed E-state index contributed by atoms with van der Waals surface area (Å²) in [4.78, 5) is 24.9. The van der Waals surface area contributed by atoms with Gasteiger partial charge in [0.25, 0.3) is 0 Å². The summed E-state index contributed by atoms with van der Waals surface area (Å²) < 4.78 is 10.1. The van der Waals surface area contributed by atoms with E-state index in [2.05, 4.69) is 0 Å². The second-order valence-corrected chi connectivity index (χ2v) is 4.47. The lowest BCUT2D eigenvalue weighted by atomic mass is 9.99. The van der Waals surface area contributed by atoms with E-state index in [0.717, 1.165) is 12.8 Å². The van der Waals surface area contributed by atoms with Gasteiger partial charge in [-0.2, -0.15) is 0 Å². The van der Waals surface area contributed by atoms with E-state index in [4.69, 9.17) is 9.47 Å². The predicted molar refractivity (Wildman–Crippen MR) is 62.5 cm³/mol. The summed E-state index contributed by atoms with van der Waals surface area (Å²) in [6.07, 6.45) is 1.13. The summed E-state index contributed by atoms with van der Waals surface area (Å²) in [6, 6.07) is 0. The van der Waals surface area contributed by atoms with Gasteiger partial charge in [-0.1, -0.05) is 0 Å². The van der Waals surface area contributed by atoms with Crippen molar-refractivity contribution in [3.63, 3.8) is 0 Å². The second-order valence-electron chi connectivity index (χ2n) is 4.47. The van der Waals surface area contributed by atoms with Gasteiger partial charge in [-0.05, 0) is 33.6 Å². The van der Waals surface area contributed by atoms with Crippen LogP contribution in [0.5, 0.6) is 0 Å². The number of piperidine rings is 1. The van der Waals surface area contributed by atoms with Gasteiger partial charge in [0.05, 0.1) is 18.6 Å². The van der Waals surface area contributed by atoms with Crippen LogP contribution < -0.4 is 0 Å². The monoisotopic (exact) mass is 243 g/mol. The first-order valence-electron chi connectivity index (χ1n) is 6.16. The quantitative estimate of drug-likeness (QED) is 0.709. The zero-order valence-corrected chi connectivity index (χ0v) is 10.8. The Labute approximate surface area is 102 Å². The van der Waals surface area contributed by atoms with Crippen molar-refractivity contribution in [2.75, 3.05) is 19.7 Å². The summed E-state index contributed by atoms with van der Waals surface area (Å²) in [5.74, 6) is -0.419. The molecule has 0 saturated carbocycles. The molecule has 0 aromatic carbocycles. The van der Waals surface area contributed by atoms with E-state index in [-0.39, 0.29) is 24.1 Å². The SMILES string of the molecule is CCOC(=O)[C@H]1CCCN(C(=O)OC(C)C)C1. The fourth-order valence-corrected chi connectivity index (χ4v) is 1.87. The van der Waals surface area contributed by atoms with Crippen molar-refractivity contribution in [2.24, 2.45) is 5.92 Å². The highest BCUT2D eigenvalue weighted by Gasteiger charge is 2.30. The summed E-state index contributed by atoms with van der Waals surface area (Å²) in [6.45, 7) is 6.85. The molecule has 0 unspecified atom stereocenters. The van der Waals surface area contributed by atoms with Crippen molar-refractivity contribution < 1.29 is 19.1 Å².